The molecule has 110 valence electrons. The molecule has 0 fully saturated rings. The quantitative estimate of drug-likeness (QED) is 0.480. The van der Waals surface area contributed by atoms with E-state index in [-0.39, 0.29) is 5.76 Å². The molecule has 0 N–H and O–H groups in total. The van der Waals surface area contributed by atoms with Crippen LogP contribution >= 0.6 is 0 Å². The second-order valence-electron chi connectivity index (χ2n) is 4.88. The van der Waals surface area contributed by atoms with E-state index in [2.05, 4.69) is 4.74 Å². The minimum atomic E-state index is -0.974. The summed E-state index contributed by atoms with van der Waals surface area (Å²) in [6, 6.07) is 8.80. The summed E-state index contributed by atoms with van der Waals surface area (Å²) in [5, 5.41) is 0.793. The SMILES string of the molecule is COC(=O)C(C)C(=O)C(C)C(=O)c1cc2ccccc2o1. The predicted octanol–water partition coefficient (Wildman–Crippen LogP) is 2.63. The molecule has 0 spiro atoms. The molecule has 0 radical (unpaired) electrons. The van der Waals surface area contributed by atoms with Crippen molar-refractivity contribution in [1.82, 2.24) is 0 Å². The van der Waals surface area contributed by atoms with Crippen molar-refractivity contribution in [2.75, 3.05) is 7.11 Å². The van der Waals surface area contributed by atoms with Gasteiger partial charge in [-0.1, -0.05) is 18.2 Å². The van der Waals surface area contributed by atoms with Crippen LogP contribution in [0.5, 0.6) is 0 Å². The molecule has 1 aromatic heterocycles. The van der Waals surface area contributed by atoms with Crippen LogP contribution in [0.25, 0.3) is 11.0 Å². The predicted molar refractivity (Wildman–Crippen MR) is 75.9 cm³/mol. The average molecular weight is 288 g/mol. The molecule has 1 heterocycles. The third-order valence-corrected chi connectivity index (χ3v) is 3.47. The van der Waals surface area contributed by atoms with Gasteiger partial charge in [-0.2, -0.15) is 0 Å². The van der Waals surface area contributed by atoms with Gasteiger partial charge in [0.2, 0.25) is 5.78 Å². The molecule has 21 heavy (non-hydrogen) atoms. The Hall–Kier alpha value is -2.43. The first-order valence-corrected chi connectivity index (χ1v) is 6.60. The van der Waals surface area contributed by atoms with E-state index in [1.165, 1.54) is 21.0 Å². The standard InChI is InChI=1S/C16H16O5/c1-9(14(17)10(2)16(19)20-3)15(18)13-8-11-6-4-5-7-12(11)21-13/h4-10H,1-3H3. The van der Waals surface area contributed by atoms with Crippen LogP contribution in [0.15, 0.2) is 34.7 Å². The molecule has 2 atom stereocenters. The number of Topliss-reactive ketones (excluding diaryl/α,β-unsaturated/α-hetero) is 2. The number of furan rings is 1. The van der Waals surface area contributed by atoms with E-state index in [0.717, 1.165) is 5.39 Å². The minimum Gasteiger partial charge on any atom is -0.468 e. The molecule has 5 heteroatoms. The fraction of sp³-hybridized carbons (Fsp3) is 0.312. The van der Waals surface area contributed by atoms with Crippen LogP contribution in [0, 0.1) is 11.8 Å². The van der Waals surface area contributed by atoms with E-state index < -0.39 is 29.4 Å². The van der Waals surface area contributed by atoms with Crippen molar-refractivity contribution >= 4 is 28.5 Å². The van der Waals surface area contributed by atoms with Gasteiger partial charge in [-0.15, -0.1) is 0 Å². The van der Waals surface area contributed by atoms with Crippen molar-refractivity contribution < 1.29 is 23.5 Å². The topological polar surface area (TPSA) is 73.6 Å². The number of carbonyl (C=O) groups excluding carboxylic acids is 3. The lowest BCUT2D eigenvalue weighted by Crippen LogP contribution is -2.31. The van der Waals surface area contributed by atoms with Gasteiger partial charge < -0.3 is 9.15 Å². The lowest BCUT2D eigenvalue weighted by Gasteiger charge is -2.12. The Balaban J connectivity index is 2.22. The largest absolute Gasteiger partial charge is 0.468 e. The van der Waals surface area contributed by atoms with Crippen LogP contribution in [-0.4, -0.2) is 24.6 Å². The Morgan fingerprint density at radius 1 is 1.10 bits per heavy atom. The second-order valence-corrected chi connectivity index (χ2v) is 4.88. The van der Waals surface area contributed by atoms with Gasteiger partial charge in [0.15, 0.2) is 11.5 Å². The summed E-state index contributed by atoms with van der Waals surface area (Å²) in [7, 11) is 1.21. The highest BCUT2D eigenvalue weighted by atomic mass is 16.5. The van der Waals surface area contributed by atoms with Crippen LogP contribution in [0.2, 0.25) is 0 Å². The Morgan fingerprint density at radius 2 is 1.76 bits per heavy atom. The Kier molecular flexibility index (Phi) is 4.21. The normalized spacial score (nSPS) is 13.7. The zero-order valence-corrected chi connectivity index (χ0v) is 12.1. The minimum absolute atomic E-state index is 0.120. The number of hydrogen-bond acceptors (Lipinski definition) is 5. The molecule has 2 aromatic rings. The Labute approximate surface area is 121 Å². The number of methoxy groups -OCH3 is 1. The summed E-state index contributed by atoms with van der Waals surface area (Å²) in [5.41, 5.74) is 0.585. The van der Waals surface area contributed by atoms with Crippen molar-refractivity contribution in [3.63, 3.8) is 0 Å². The highest BCUT2D eigenvalue weighted by molar-refractivity contribution is 6.14. The number of rotatable bonds is 5. The van der Waals surface area contributed by atoms with Crippen LogP contribution in [0.4, 0.5) is 0 Å². The van der Waals surface area contributed by atoms with Gasteiger partial charge in [0, 0.05) is 5.39 Å². The summed E-state index contributed by atoms with van der Waals surface area (Å²) in [6.07, 6.45) is 0. The molecule has 0 saturated carbocycles. The van der Waals surface area contributed by atoms with Gasteiger partial charge >= 0.3 is 5.97 Å². The molecule has 1 aromatic carbocycles. The van der Waals surface area contributed by atoms with Gasteiger partial charge in [0.05, 0.1) is 13.0 Å². The monoisotopic (exact) mass is 288 g/mol. The molecular formula is C16H16O5. The first-order valence-electron chi connectivity index (χ1n) is 6.60. The van der Waals surface area contributed by atoms with Crippen molar-refractivity contribution in [3.8, 4) is 0 Å². The number of esters is 1. The van der Waals surface area contributed by atoms with Crippen LogP contribution in [-0.2, 0) is 14.3 Å². The molecule has 0 bridgehead atoms. The summed E-state index contributed by atoms with van der Waals surface area (Å²) >= 11 is 0. The number of ether oxygens (including phenoxy) is 1. The van der Waals surface area contributed by atoms with E-state index in [1.54, 1.807) is 18.2 Å². The van der Waals surface area contributed by atoms with Gasteiger partial charge in [-0.25, -0.2) is 0 Å². The number of fused-ring (bicyclic) bond motifs is 1. The van der Waals surface area contributed by atoms with Crippen molar-refractivity contribution in [3.05, 3.63) is 36.1 Å². The highest BCUT2D eigenvalue weighted by Crippen LogP contribution is 2.22. The zero-order valence-electron chi connectivity index (χ0n) is 12.1. The number of benzene rings is 1. The number of hydrogen-bond donors (Lipinski definition) is 0. The van der Waals surface area contributed by atoms with Crippen molar-refractivity contribution in [1.29, 1.82) is 0 Å². The molecule has 5 nitrogen and oxygen atoms in total. The summed E-state index contributed by atoms with van der Waals surface area (Å²) in [4.78, 5) is 35.8. The maximum Gasteiger partial charge on any atom is 0.315 e. The molecule has 0 aliphatic carbocycles. The molecule has 0 saturated heterocycles. The first kappa shape index (κ1) is 15.0. The average Bonchev–Trinajstić information content (AvgIpc) is 2.95. The van der Waals surface area contributed by atoms with Crippen molar-refractivity contribution in [2.24, 2.45) is 11.8 Å². The highest BCUT2D eigenvalue weighted by Gasteiger charge is 2.32. The third kappa shape index (κ3) is 2.86. The smallest absolute Gasteiger partial charge is 0.315 e. The molecule has 0 amide bonds. The van der Waals surface area contributed by atoms with Crippen LogP contribution in [0.1, 0.15) is 24.4 Å². The molecule has 0 aliphatic rings. The molecule has 2 rings (SSSR count). The number of ketones is 2. The van der Waals surface area contributed by atoms with E-state index in [1.807, 2.05) is 12.1 Å². The van der Waals surface area contributed by atoms with Gasteiger partial charge in [-0.3, -0.25) is 14.4 Å². The van der Waals surface area contributed by atoms with E-state index >= 15 is 0 Å². The van der Waals surface area contributed by atoms with Crippen LogP contribution in [0.3, 0.4) is 0 Å². The van der Waals surface area contributed by atoms with E-state index in [4.69, 9.17) is 4.42 Å². The lowest BCUT2D eigenvalue weighted by molar-refractivity contribution is -0.149. The number of para-hydroxylation sites is 1. The fourth-order valence-electron chi connectivity index (χ4n) is 2.11. The van der Waals surface area contributed by atoms with Gasteiger partial charge in [0.25, 0.3) is 0 Å². The zero-order chi connectivity index (χ0) is 15.6. The lowest BCUT2D eigenvalue weighted by atomic mass is 9.91. The summed E-state index contributed by atoms with van der Waals surface area (Å²) in [6.45, 7) is 2.90. The van der Waals surface area contributed by atoms with Gasteiger partial charge in [-0.05, 0) is 26.0 Å². The maximum absolute atomic E-state index is 12.3. The van der Waals surface area contributed by atoms with E-state index in [0.29, 0.717) is 5.58 Å². The maximum atomic E-state index is 12.3. The summed E-state index contributed by atoms with van der Waals surface area (Å²) in [5.74, 6) is -3.38. The fourth-order valence-corrected chi connectivity index (χ4v) is 2.11. The Morgan fingerprint density at radius 3 is 2.38 bits per heavy atom. The molecule has 0 aliphatic heterocycles. The summed E-state index contributed by atoms with van der Waals surface area (Å²) < 4.78 is 9.97. The molecule has 2 unspecified atom stereocenters. The van der Waals surface area contributed by atoms with Gasteiger partial charge in [0.1, 0.15) is 11.5 Å². The van der Waals surface area contributed by atoms with Crippen molar-refractivity contribution in [2.45, 2.75) is 13.8 Å². The van der Waals surface area contributed by atoms with E-state index in [9.17, 15) is 14.4 Å². The Bertz CT molecular complexity index is 665. The molecular weight excluding hydrogens is 272 g/mol. The third-order valence-electron chi connectivity index (χ3n) is 3.47. The number of carbonyl (C=O) groups is 3. The van der Waals surface area contributed by atoms with Crippen LogP contribution < -0.4 is 0 Å². The first-order chi connectivity index (χ1) is 9.95. The second kappa shape index (κ2) is 5.91.